The van der Waals surface area contributed by atoms with Gasteiger partial charge in [0.2, 0.25) is 0 Å². The third kappa shape index (κ3) is 3.14. The molecule has 1 aromatic rings. The van der Waals surface area contributed by atoms with Crippen LogP contribution in [-0.2, 0) is 10.3 Å². The van der Waals surface area contributed by atoms with Crippen molar-refractivity contribution < 1.29 is 13.5 Å². The minimum absolute atomic E-state index is 0.245. The van der Waals surface area contributed by atoms with Crippen LogP contribution in [0, 0.1) is 17.6 Å². The average Bonchev–Trinajstić information content (AvgIpc) is 2.48. The Bertz CT molecular complexity index is 535. The Hall–Kier alpha value is -0.940. The maximum absolute atomic E-state index is 14.2. The second-order valence-electron chi connectivity index (χ2n) is 5.03. The quantitative estimate of drug-likeness (QED) is 0.767. The van der Waals surface area contributed by atoms with Gasteiger partial charge in [0.1, 0.15) is 17.2 Å². The average molecular weight is 313 g/mol. The number of rotatable bonds is 1. The molecule has 0 aromatic heterocycles. The Morgan fingerprint density at radius 3 is 2.81 bits per heavy atom. The van der Waals surface area contributed by atoms with Gasteiger partial charge < -0.3 is 4.74 Å². The lowest BCUT2D eigenvalue weighted by Crippen LogP contribution is -2.46. The van der Waals surface area contributed by atoms with Crippen LogP contribution >= 0.6 is 11.8 Å². The van der Waals surface area contributed by atoms with E-state index >= 15 is 0 Å². The fourth-order valence-electron chi connectivity index (χ4n) is 2.89. The van der Waals surface area contributed by atoms with Crippen LogP contribution in [0.4, 0.5) is 8.78 Å². The molecule has 0 radical (unpaired) electrons. The molecule has 116 valence electrons. The SMILES string of the molecule is CC.CC1=N[C@@]2(c3ccc(F)cc3F)COCC[C@H]2CS1. The van der Waals surface area contributed by atoms with Crippen LogP contribution in [0.1, 0.15) is 32.8 Å². The molecule has 0 unspecified atom stereocenters. The zero-order chi connectivity index (χ0) is 15.5. The second-order valence-corrected chi connectivity index (χ2v) is 6.24. The highest BCUT2D eigenvalue weighted by Gasteiger charge is 2.46. The number of nitrogens with zero attached hydrogens (tertiary/aromatic N) is 1. The summed E-state index contributed by atoms with van der Waals surface area (Å²) in [4.78, 5) is 4.69. The maximum atomic E-state index is 14.2. The van der Waals surface area contributed by atoms with Gasteiger partial charge in [-0.1, -0.05) is 19.9 Å². The first-order valence-electron chi connectivity index (χ1n) is 7.34. The van der Waals surface area contributed by atoms with Crippen LogP contribution in [0.5, 0.6) is 0 Å². The van der Waals surface area contributed by atoms with E-state index in [9.17, 15) is 8.78 Å². The molecule has 5 heteroatoms. The summed E-state index contributed by atoms with van der Waals surface area (Å²) in [7, 11) is 0. The molecule has 1 aromatic carbocycles. The summed E-state index contributed by atoms with van der Waals surface area (Å²) in [6, 6.07) is 3.74. The number of ether oxygens (including phenoxy) is 1. The van der Waals surface area contributed by atoms with Crippen molar-refractivity contribution in [3.8, 4) is 0 Å². The van der Waals surface area contributed by atoms with E-state index in [0.717, 1.165) is 23.3 Å². The van der Waals surface area contributed by atoms with E-state index in [1.165, 1.54) is 12.1 Å². The highest BCUT2D eigenvalue weighted by atomic mass is 32.2. The van der Waals surface area contributed by atoms with E-state index in [1.54, 1.807) is 11.8 Å². The first-order valence-corrected chi connectivity index (χ1v) is 8.33. The van der Waals surface area contributed by atoms with Gasteiger partial charge in [-0.15, -0.1) is 11.8 Å². The minimum atomic E-state index is -0.675. The van der Waals surface area contributed by atoms with Crippen LogP contribution in [0.25, 0.3) is 0 Å². The standard InChI is InChI=1S/C14H15F2NOS.C2H6/c1-9-17-14(8-18-5-4-10(14)7-19-9)12-3-2-11(15)6-13(12)16;1-2/h2-3,6,10H,4-5,7-8H2,1H3;1-2H3/t10-,14-;/m0./s1. The summed E-state index contributed by atoms with van der Waals surface area (Å²) >= 11 is 1.70. The number of fused-ring (bicyclic) bond motifs is 1. The Kier molecular flexibility index (Phi) is 5.38. The summed E-state index contributed by atoms with van der Waals surface area (Å²) in [5.74, 6) is 0.0702. The maximum Gasteiger partial charge on any atom is 0.131 e. The lowest BCUT2D eigenvalue weighted by molar-refractivity contribution is 0.00300. The summed E-state index contributed by atoms with van der Waals surface area (Å²) in [6.07, 6.45) is 0.862. The minimum Gasteiger partial charge on any atom is -0.379 e. The fraction of sp³-hybridized carbons (Fsp3) is 0.562. The summed E-state index contributed by atoms with van der Waals surface area (Å²) in [6.45, 7) is 6.99. The van der Waals surface area contributed by atoms with Gasteiger partial charge in [0, 0.05) is 29.9 Å². The highest BCUT2D eigenvalue weighted by molar-refractivity contribution is 8.13. The van der Waals surface area contributed by atoms with Gasteiger partial charge in [-0.25, -0.2) is 8.78 Å². The number of benzene rings is 1. The number of hydrogen-bond acceptors (Lipinski definition) is 3. The van der Waals surface area contributed by atoms with Crippen molar-refractivity contribution in [2.75, 3.05) is 19.0 Å². The molecule has 0 spiro atoms. The predicted molar refractivity (Wildman–Crippen MR) is 83.9 cm³/mol. The van der Waals surface area contributed by atoms with Gasteiger partial charge in [0.05, 0.1) is 11.7 Å². The van der Waals surface area contributed by atoms with Crippen molar-refractivity contribution in [2.24, 2.45) is 10.9 Å². The third-order valence-electron chi connectivity index (χ3n) is 3.86. The molecule has 2 aliphatic rings. The van der Waals surface area contributed by atoms with Crippen molar-refractivity contribution in [2.45, 2.75) is 32.7 Å². The van der Waals surface area contributed by atoms with Crippen molar-refractivity contribution in [1.82, 2.24) is 0 Å². The molecule has 21 heavy (non-hydrogen) atoms. The lowest BCUT2D eigenvalue weighted by atomic mass is 9.76. The molecule has 0 saturated carbocycles. The highest BCUT2D eigenvalue weighted by Crippen LogP contribution is 2.45. The van der Waals surface area contributed by atoms with Gasteiger partial charge >= 0.3 is 0 Å². The van der Waals surface area contributed by atoms with Gasteiger partial charge in [0.15, 0.2) is 0 Å². The van der Waals surface area contributed by atoms with E-state index in [1.807, 2.05) is 20.8 Å². The molecule has 0 N–H and O–H groups in total. The monoisotopic (exact) mass is 313 g/mol. The zero-order valence-corrected chi connectivity index (χ0v) is 13.5. The molecular weight excluding hydrogens is 292 g/mol. The normalized spacial score (nSPS) is 28.0. The van der Waals surface area contributed by atoms with Gasteiger partial charge in [-0.3, -0.25) is 4.99 Å². The molecule has 3 rings (SSSR count). The third-order valence-corrected chi connectivity index (χ3v) is 4.93. The molecule has 0 bridgehead atoms. The second kappa shape index (κ2) is 6.88. The molecule has 0 amide bonds. The number of aliphatic imine (C=N–C) groups is 1. The molecular formula is C16H21F2NOS. The molecule has 1 saturated heterocycles. The zero-order valence-electron chi connectivity index (χ0n) is 12.7. The van der Waals surface area contributed by atoms with E-state index in [2.05, 4.69) is 4.99 Å². The molecule has 1 fully saturated rings. The summed E-state index contributed by atoms with van der Waals surface area (Å²) in [5, 5.41) is 0.936. The van der Waals surface area contributed by atoms with E-state index < -0.39 is 17.2 Å². The lowest BCUT2D eigenvalue weighted by Gasteiger charge is -2.44. The summed E-state index contributed by atoms with van der Waals surface area (Å²) in [5.41, 5.74) is -0.219. The van der Waals surface area contributed by atoms with Gasteiger partial charge in [-0.2, -0.15) is 0 Å². The molecule has 2 heterocycles. The summed E-state index contributed by atoms with van der Waals surface area (Å²) < 4.78 is 32.8. The first-order chi connectivity index (χ1) is 10.1. The van der Waals surface area contributed by atoms with Crippen molar-refractivity contribution >= 4 is 16.8 Å². The predicted octanol–water partition coefficient (Wildman–Crippen LogP) is 4.39. The number of thioether (sulfide) groups is 1. The van der Waals surface area contributed by atoms with Crippen LogP contribution < -0.4 is 0 Å². The van der Waals surface area contributed by atoms with E-state index in [4.69, 9.17) is 4.74 Å². The molecule has 2 atom stereocenters. The van der Waals surface area contributed by atoms with Gasteiger partial charge in [0.25, 0.3) is 0 Å². The van der Waals surface area contributed by atoms with Crippen LogP contribution in [0.2, 0.25) is 0 Å². The first kappa shape index (κ1) is 16.4. The molecule has 2 aliphatic heterocycles. The Balaban J connectivity index is 0.000000774. The van der Waals surface area contributed by atoms with Crippen molar-refractivity contribution in [3.05, 3.63) is 35.4 Å². The van der Waals surface area contributed by atoms with Gasteiger partial charge in [-0.05, 0) is 19.4 Å². The smallest absolute Gasteiger partial charge is 0.131 e. The number of halogens is 2. The van der Waals surface area contributed by atoms with Crippen LogP contribution in [0.15, 0.2) is 23.2 Å². The Morgan fingerprint density at radius 2 is 2.10 bits per heavy atom. The van der Waals surface area contributed by atoms with Crippen molar-refractivity contribution in [1.29, 1.82) is 0 Å². The van der Waals surface area contributed by atoms with E-state index in [0.29, 0.717) is 18.8 Å². The topological polar surface area (TPSA) is 21.6 Å². The Labute approximate surface area is 129 Å². The van der Waals surface area contributed by atoms with E-state index in [-0.39, 0.29) is 5.92 Å². The molecule has 2 nitrogen and oxygen atoms in total. The van der Waals surface area contributed by atoms with Crippen LogP contribution in [-0.4, -0.2) is 24.0 Å². The fourth-order valence-corrected chi connectivity index (χ4v) is 4.00. The largest absolute Gasteiger partial charge is 0.379 e. The number of hydrogen-bond donors (Lipinski definition) is 0. The van der Waals surface area contributed by atoms with Crippen molar-refractivity contribution in [3.63, 3.8) is 0 Å². The van der Waals surface area contributed by atoms with Crippen LogP contribution in [0.3, 0.4) is 0 Å². The Morgan fingerprint density at radius 1 is 1.33 bits per heavy atom. The molecule has 0 aliphatic carbocycles.